The second-order valence-corrected chi connectivity index (χ2v) is 7.54. The molecule has 1 saturated carbocycles. The summed E-state index contributed by atoms with van der Waals surface area (Å²) in [6.07, 6.45) is 9.49. The Bertz CT molecular complexity index is 250. The molecule has 0 aromatic heterocycles. The molecule has 2 nitrogen and oxygen atoms in total. The van der Waals surface area contributed by atoms with Gasteiger partial charge in [-0.05, 0) is 57.2 Å². The molecule has 1 rings (SSSR count). The van der Waals surface area contributed by atoms with Crippen molar-refractivity contribution >= 4 is 0 Å². The lowest BCUT2D eigenvalue weighted by Gasteiger charge is -2.46. The fourth-order valence-corrected chi connectivity index (χ4v) is 3.84. The summed E-state index contributed by atoms with van der Waals surface area (Å²) >= 11 is 0. The Hall–Kier alpha value is -0.0800. The van der Waals surface area contributed by atoms with Gasteiger partial charge < -0.3 is 10.2 Å². The highest BCUT2D eigenvalue weighted by atomic mass is 15.1. The van der Waals surface area contributed by atoms with E-state index in [-0.39, 0.29) is 0 Å². The van der Waals surface area contributed by atoms with Crippen LogP contribution in [0.3, 0.4) is 0 Å². The molecule has 20 heavy (non-hydrogen) atoms. The van der Waals surface area contributed by atoms with Crippen LogP contribution in [-0.2, 0) is 0 Å². The van der Waals surface area contributed by atoms with E-state index in [4.69, 9.17) is 0 Å². The quantitative estimate of drug-likeness (QED) is 0.634. The van der Waals surface area contributed by atoms with Crippen LogP contribution in [0.5, 0.6) is 0 Å². The number of rotatable bonds is 9. The second-order valence-electron chi connectivity index (χ2n) is 7.54. The largest absolute Gasteiger partial charge is 0.313 e. The normalized spacial score (nSPS) is 26.1. The molecule has 0 spiro atoms. The van der Waals surface area contributed by atoms with Crippen molar-refractivity contribution in [2.24, 2.45) is 11.3 Å². The van der Waals surface area contributed by atoms with Crippen LogP contribution in [-0.4, -0.2) is 37.6 Å². The van der Waals surface area contributed by atoms with Gasteiger partial charge in [0, 0.05) is 12.6 Å². The molecule has 1 N–H and O–H groups in total. The van der Waals surface area contributed by atoms with Crippen molar-refractivity contribution < 1.29 is 0 Å². The van der Waals surface area contributed by atoms with Gasteiger partial charge in [-0.2, -0.15) is 0 Å². The van der Waals surface area contributed by atoms with Gasteiger partial charge >= 0.3 is 0 Å². The predicted molar refractivity (Wildman–Crippen MR) is 90.2 cm³/mol. The highest BCUT2D eigenvalue weighted by Crippen LogP contribution is 2.39. The van der Waals surface area contributed by atoms with E-state index in [1.54, 1.807) is 0 Å². The Morgan fingerprint density at radius 3 is 2.55 bits per heavy atom. The summed E-state index contributed by atoms with van der Waals surface area (Å²) < 4.78 is 0. The third-order valence-corrected chi connectivity index (χ3v) is 5.01. The molecular formula is C18H38N2. The molecule has 0 aliphatic heterocycles. The molecule has 0 aromatic rings. The van der Waals surface area contributed by atoms with Crippen LogP contribution in [0.15, 0.2) is 0 Å². The van der Waals surface area contributed by atoms with Gasteiger partial charge in [0.05, 0.1) is 0 Å². The van der Waals surface area contributed by atoms with E-state index in [9.17, 15) is 0 Å². The summed E-state index contributed by atoms with van der Waals surface area (Å²) in [5.74, 6) is 0.830. The van der Waals surface area contributed by atoms with Gasteiger partial charge in [0.25, 0.3) is 0 Å². The highest BCUT2D eigenvalue weighted by Gasteiger charge is 2.38. The fourth-order valence-electron chi connectivity index (χ4n) is 3.84. The first-order chi connectivity index (χ1) is 9.51. The first-order valence-electron chi connectivity index (χ1n) is 8.93. The van der Waals surface area contributed by atoms with Crippen LogP contribution in [0.25, 0.3) is 0 Å². The minimum absolute atomic E-state index is 0.461. The number of nitrogens with zero attached hydrogens (tertiary/aromatic N) is 1. The molecular weight excluding hydrogens is 244 g/mol. The van der Waals surface area contributed by atoms with Crippen LogP contribution in [0.1, 0.15) is 72.6 Å². The number of nitrogens with one attached hydrogen (secondary N) is 1. The van der Waals surface area contributed by atoms with Gasteiger partial charge in [0.1, 0.15) is 0 Å². The van der Waals surface area contributed by atoms with E-state index in [1.807, 2.05) is 0 Å². The van der Waals surface area contributed by atoms with Crippen molar-refractivity contribution in [3.05, 3.63) is 0 Å². The Morgan fingerprint density at radius 1 is 1.15 bits per heavy atom. The SMILES string of the molecule is CCCCCN(C)CC1CCCC(C)(C)C1NCCC. The lowest BCUT2D eigenvalue weighted by atomic mass is 9.67. The molecule has 2 unspecified atom stereocenters. The Kier molecular flexibility index (Phi) is 8.13. The standard InChI is InChI=1S/C18H38N2/c1-6-8-9-14-20(5)15-16-11-10-12-18(3,4)17(16)19-13-7-2/h16-17,19H,6-15H2,1-5H3. The lowest BCUT2D eigenvalue weighted by molar-refractivity contribution is 0.0849. The molecule has 0 radical (unpaired) electrons. The summed E-state index contributed by atoms with van der Waals surface area (Å²) in [6, 6.07) is 0.699. The zero-order chi connectivity index (χ0) is 15.0. The van der Waals surface area contributed by atoms with Crippen LogP contribution < -0.4 is 5.32 Å². The summed E-state index contributed by atoms with van der Waals surface area (Å²) in [4.78, 5) is 2.57. The molecule has 2 atom stereocenters. The van der Waals surface area contributed by atoms with E-state index < -0.39 is 0 Å². The van der Waals surface area contributed by atoms with Gasteiger partial charge in [0.15, 0.2) is 0 Å². The van der Waals surface area contributed by atoms with Crippen molar-refractivity contribution in [3.8, 4) is 0 Å². The fraction of sp³-hybridized carbons (Fsp3) is 1.00. The maximum atomic E-state index is 3.86. The summed E-state index contributed by atoms with van der Waals surface area (Å²) in [7, 11) is 2.31. The van der Waals surface area contributed by atoms with Gasteiger partial charge in [-0.25, -0.2) is 0 Å². The molecule has 1 aliphatic rings. The average molecular weight is 283 g/mol. The summed E-state index contributed by atoms with van der Waals surface area (Å²) in [6.45, 7) is 13.2. The second kappa shape index (κ2) is 9.04. The predicted octanol–water partition coefficient (Wildman–Crippen LogP) is 4.30. The molecule has 1 aliphatic carbocycles. The molecule has 0 amide bonds. The Labute approximate surface area is 127 Å². The smallest absolute Gasteiger partial charge is 0.0159 e. The first kappa shape index (κ1) is 18.0. The zero-order valence-electron chi connectivity index (χ0n) is 14.7. The lowest BCUT2D eigenvalue weighted by Crippen LogP contribution is -2.52. The van der Waals surface area contributed by atoms with Crippen LogP contribution >= 0.6 is 0 Å². The Balaban J connectivity index is 2.50. The number of unbranched alkanes of at least 4 members (excludes halogenated alkanes) is 2. The van der Waals surface area contributed by atoms with Crippen molar-refractivity contribution in [2.45, 2.75) is 78.7 Å². The van der Waals surface area contributed by atoms with Crippen LogP contribution in [0.2, 0.25) is 0 Å². The monoisotopic (exact) mass is 282 g/mol. The van der Waals surface area contributed by atoms with Gasteiger partial charge in [0.2, 0.25) is 0 Å². The highest BCUT2D eigenvalue weighted by molar-refractivity contribution is 4.94. The topological polar surface area (TPSA) is 15.3 Å². The molecule has 120 valence electrons. The third kappa shape index (κ3) is 5.73. The van der Waals surface area contributed by atoms with E-state index in [2.05, 4.69) is 45.0 Å². The maximum Gasteiger partial charge on any atom is 0.0159 e. The van der Waals surface area contributed by atoms with Gasteiger partial charge in [-0.15, -0.1) is 0 Å². The molecule has 2 heteroatoms. The molecule has 0 bridgehead atoms. The van der Waals surface area contributed by atoms with E-state index in [1.165, 1.54) is 64.6 Å². The average Bonchev–Trinajstić information content (AvgIpc) is 2.37. The summed E-state index contributed by atoms with van der Waals surface area (Å²) in [5, 5.41) is 3.86. The molecule has 0 aromatic carbocycles. The van der Waals surface area contributed by atoms with E-state index >= 15 is 0 Å². The summed E-state index contributed by atoms with van der Waals surface area (Å²) in [5.41, 5.74) is 0.461. The number of hydrogen-bond acceptors (Lipinski definition) is 2. The van der Waals surface area contributed by atoms with E-state index in [0.717, 1.165) is 5.92 Å². The van der Waals surface area contributed by atoms with Gasteiger partial charge in [-0.1, -0.05) is 47.0 Å². The van der Waals surface area contributed by atoms with Crippen molar-refractivity contribution in [2.75, 3.05) is 26.7 Å². The minimum Gasteiger partial charge on any atom is -0.313 e. The van der Waals surface area contributed by atoms with Gasteiger partial charge in [-0.3, -0.25) is 0 Å². The Morgan fingerprint density at radius 2 is 1.90 bits per heavy atom. The molecule has 1 fully saturated rings. The first-order valence-corrected chi connectivity index (χ1v) is 8.93. The van der Waals surface area contributed by atoms with Crippen molar-refractivity contribution in [1.29, 1.82) is 0 Å². The molecule has 0 saturated heterocycles. The van der Waals surface area contributed by atoms with Crippen molar-refractivity contribution in [3.63, 3.8) is 0 Å². The van der Waals surface area contributed by atoms with Crippen molar-refractivity contribution in [1.82, 2.24) is 10.2 Å². The maximum absolute atomic E-state index is 3.86. The third-order valence-electron chi connectivity index (χ3n) is 5.01. The van der Waals surface area contributed by atoms with Crippen LogP contribution in [0, 0.1) is 11.3 Å². The molecule has 0 heterocycles. The number of hydrogen-bond donors (Lipinski definition) is 1. The zero-order valence-corrected chi connectivity index (χ0v) is 14.7. The van der Waals surface area contributed by atoms with Crippen LogP contribution in [0.4, 0.5) is 0 Å². The minimum atomic E-state index is 0.461. The van der Waals surface area contributed by atoms with E-state index in [0.29, 0.717) is 11.5 Å².